The summed E-state index contributed by atoms with van der Waals surface area (Å²) in [5, 5.41) is 11.5. The molecule has 7 nitrogen and oxygen atoms in total. The molecule has 2 heterocycles. The van der Waals surface area contributed by atoms with E-state index in [0.29, 0.717) is 0 Å². The van der Waals surface area contributed by atoms with Crippen molar-refractivity contribution in [3.8, 4) is 5.69 Å². The van der Waals surface area contributed by atoms with Gasteiger partial charge in [-0.2, -0.15) is 9.90 Å². The molecule has 1 aromatic heterocycles. The Morgan fingerprint density at radius 1 is 1.17 bits per heavy atom. The smallest absolute Gasteiger partial charge is 0.276 e. The Hall–Kier alpha value is -2.70. The quantitative estimate of drug-likeness (QED) is 0.898. The van der Waals surface area contributed by atoms with Gasteiger partial charge in [-0.1, -0.05) is 31.0 Å². The number of carbonyl (C=O) groups excluding carboxylic acids is 2. The Morgan fingerprint density at radius 3 is 2.79 bits per heavy atom. The van der Waals surface area contributed by atoms with Gasteiger partial charge in [0.2, 0.25) is 5.91 Å². The first-order valence-electron chi connectivity index (χ1n) is 8.30. The Bertz CT molecular complexity index is 757. The van der Waals surface area contributed by atoms with Crippen molar-refractivity contribution in [1.82, 2.24) is 25.2 Å². The zero-order valence-corrected chi connectivity index (χ0v) is 13.3. The van der Waals surface area contributed by atoms with Crippen LogP contribution in [-0.2, 0) is 4.79 Å². The number of amides is 2. The highest BCUT2D eigenvalue weighted by Gasteiger charge is 2.39. The first-order chi connectivity index (χ1) is 11.7. The molecular weight excluding hydrogens is 306 g/mol. The topological polar surface area (TPSA) is 80.1 Å². The monoisotopic (exact) mass is 325 g/mol. The fraction of sp³-hybridized carbons (Fsp3) is 0.412. The lowest BCUT2D eigenvalue weighted by Gasteiger charge is -2.43. The molecule has 4 rings (SSSR count). The van der Waals surface area contributed by atoms with E-state index < -0.39 is 0 Å². The summed E-state index contributed by atoms with van der Waals surface area (Å²) in [7, 11) is 0. The van der Waals surface area contributed by atoms with E-state index in [2.05, 4.69) is 15.5 Å². The molecule has 2 amide bonds. The standard InChI is InChI=1S/C17H19N5O2/c23-16-11-21(15-9-5-4-8-13(15)19-16)17(24)14-10-18-22(20-14)12-6-2-1-3-7-12/h1-3,6-7,10,13,15H,4-5,8-9,11H2,(H,19,23)/t13-,15-/m1/s1. The summed E-state index contributed by atoms with van der Waals surface area (Å²) in [5.41, 5.74) is 1.07. The summed E-state index contributed by atoms with van der Waals surface area (Å²) in [4.78, 5) is 27.9. The van der Waals surface area contributed by atoms with E-state index in [1.165, 1.54) is 11.0 Å². The lowest BCUT2D eigenvalue weighted by molar-refractivity contribution is -0.127. The van der Waals surface area contributed by atoms with Gasteiger partial charge in [-0.05, 0) is 25.0 Å². The predicted octanol–water partition coefficient (Wildman–Crippen LogP) is 1.15. The van der Waals surface area contributed by atoms with Gasteiger partial charge in [-0.25, -0.2) is 0 Å². The van der Waals surface area contributed by atoms with Crippen LogP contribution in [0.25, 0.3) is 5.69 Å². The molecule has 1 saturated heterocycles. The Labute approximate surface area is 139 Å². The van der Waals surface area contributed by atoms with Gasteiger partial charge in [0.1, 0.15) is 6.54 Å². The molecule has 1 aromatic carbocycles. The lowest BCUT2D eigenvalue weighted by atomic mass is 9.87. The van der Waals surface area contributed by atoms with E-state index >= 15 is 0 Å². The minimum absolute atomic E-state index is 0.0609. The highest BCUT2D eigenvalue weighted by molar-refractivity contribution is 5.95. The van der Waals surface area contributed by atoms with Gasteiger partial charge in [-0.3, -0.25) is 9.59 Å². The molecule has 0 spiro atoms. The Balaban J connectivity index is 1.58. The number of rotatable bonds is 2. The van der Waals surface area contributed by atoms with Crippen molar-refractivity contribution in [2.45, 2.75) is 37.8 Å². The number of benzene rings is 1. The molecule has 2 aromatic rings. The van der Waals surface area contributed by atoms with Crippen molar-refractivity contribution >= 4 is 11.8 Å². The third-order valence-corrected chi connectivity index (χ3v) is 4.75. The van der Waals surface area contributed by atoms with Crippen molar-refractivity contribution in [2.75, 3.05) is 6.54 Å². The zero-order chi connectivity index (χ0) is 16.5. The summed E-state index contributed by atoms with van der Waals surface area (Å²) in [6, 6.07) is 9.57. The number of nitrogens with one attached hydrogen (secondary N) is 1. The maximum atomic E-state index is 12.9. The van der Waals surface area contributed by atoms with E-state index in [0.717, 1.165) is 31.4 Å². The SMILES string of the molecule is O=C1CN(C(=O)c2cnn(-c3ccccc3)n2)[C@@H]2CCCC[C@H]2N1. The highest BCUT2D eigenvalue weighted by Crippen LogP contribution is 2.26. The number of para-hydroxylation sites is 1. The van der Waals surface area contributed by atoms with Crippen molar-refractivity contribution in [3.63, 3.8) is 0 Å². The number of carbonyl (C=O) groups is 2. The summed E-state index contributed by atoms with van der Waals surface area (Å²) in [6.07, 6.45) is 5.49. The van der Waals surface area contributed by atoms with Crippen LogP contribution in [0.3, 0.4) is 0 Å². The van der Waals surface area contributed by atoms with Crippen LogP contribution in [0.15, 0.2) is 36.5 Å². The average molecular weight is 325 g/mol. The van der Waals surface area contributed by atoms with Crippen LogP contribution < -0.4 is 5.32 Å². The van der Waals surface area contributed by atoms with Crippen LogP contribution in [0.4, 0.5) is 0 Å². The van der Waals surface area contributed by atoms with Crippen molar-refractivity contribution in [2.24, 2.45) is 0 Å². The normalized spacial score (nSPS) is 23.5. The van der Waals surface area contributed by atoms with Crippen molar-refractivity contribution < 1.29 is 9.59 Å². The number of hydrogen-bond donors (Lipinski definition) is 1. The first-order valence-corrected chi connectivity index (χ1v) is 8.30. The largest absolute Gasteiger partial charge is 0.350 e. The zero-order valence-electron chi connectivity index (χ0n) is 13.3. The molecule has 2 aliphatic rings. The number of hydrogen-bond acceptors (Lipinski definition) is 4. The van der Waals surface area contributed by atoms with Crippen LogP contribution in [0.1, 0.15) is 36.2 Å². The number of piperazine rings is 1. The number of nitrogens with zero attached hydrogens (tertiary/aromatic N) is 4. The molecule has 1 saturated carbocycles. The molecule has 1 aliphatic heterocycles. The van der Waals surface area contributed by atoms with Crippen molar-refractivity contribution in [1.29, 1.82) is 0 Å². The van der Waals surface area contributed by atoms with E-state index in [9.17, 15) is 9.59 Å². The van der Waals surface area contributed by atoms with Crippen LogP contribution in [0.2, 0.25) is 0 Å². The molecule has 0 bridgehead atoms. The fourth-order valence-corrected chi connectivity index (χ4v) is 3.59. The highest BCUT2D eigenvalue weighted by atomic mass is 16.2. The maximum Gasteiger partial charge on any atom is 0.276 e. The van der Waals surface area contributed by atoms with Gasteiger partial charge in [0.25, 0.3) is 5.91 Å². The average Bonchev–Trinajstić information content (AvgIpc) is 3.11. The summed E-state index contributed by atoms with van der Waals surface area (Å²) in [5.74, 6) is -0.314. The van der Waals surface area contributed by atoms with E-state index in [4.69, 9.17) is 0 Å². The minimum atomic E-state index is -0.219. The summed E-state index contributed by atoms with van der Waals surface area (Å²) in [6.45, 7) is 0.0954. The molecule has 24 heavy (non-hydrogen) atoms. The molecule has 1 aliphatic carbocycles. The maximum absolute atomic E-state index is 12.9. The number of fused-ring (bicyclic) bond motifs is 1. The predicted molar refractivity (Wildman–Crippen MR) is 86.6 cm³/mol. The Kier molecular flexibility index (Phi) is 3.76. The summed E-state index contributed by atoms with van der Waals surface area (Å²) >= 11 is 0. The van der Waals surface area contributed by atoms with E-state index in [-0.39, 0.29) is 36.1 Å². The van der Waals surface area contributed by atoms with E-state index in [1.54, 1.807) is 4.90 Å². The Morgan fingerprint density at radius 2 is 1.96 bits per heavy atom. The van der Waals surface area contributed by atoms with Gasteiger partial charge in [0.05, 0.1) is 17.9 Å². The van der Waals surface area contributed by atoms with Crippen LogP contribution in [-0.4, -0.2) is 50.3 Å². The van der Waals surface area contributed by atoms with Gasteiger partial charge in [0.15, 0.2) is 5.69 Å². The van der Waals surface area contributed by atoms with Crippen LogP contribution >= 0.6 is 0 Å². The van der Waals surface area contributed by atoms with Gasteiger partial charge in [-0.15, -0.1) is 5.10 Å². The third kappa shape index (κ3) is 2.66. The molecule has 2 atom stereocenters. The molecule has 124 valence electrons. The van der Waals surface area contributed by atoms with E-state index in [1.807, 2.05) is 30.3 Å². The lowest BCUT2D eigenvalue weighted by Crippen LogP contribution is -2.62. The number of aromatic nitrogens is 3. The van der Waals surface area contributed by atoms with Gasteiger partial charge >= 0.3 is 0 Å². The third-order valence-electron chi connectivity index (χ3n) is 4.75. The second-order valence-corrected chi connectivity index (χ2v) is 6.31. The van der Waals surface area contributed by atoms with Crippen LogP contribution in [0, 0.1) is 0 Å². The minimum Gasteiger partial charge on any atom is -0.350 e. The molecule has 1 N–H and O–H groups in total. The fourth-order valence-electron chi connectivity index (χ4n) is 3.59. The summed E-state index contributed by atoms with van der Waals surface area (Å²) < 4.78 is 0. The molecule has 0 radical (unpaired) electrons. The second-order valence-electron chi connectivity index (χ2n) is 6.31. The van der Waals surface area contributed by atoms with Gasteiger partial charge < -0.3 is 10.2 Å². The molecule has 2 fully saturated rings. The van der Waals surface area contributed by atoms with Crippen LogP contribution in [0.5, 0.6) is 0 Å². The van der Waals surface area contributed by atoms with Crippen molar-refractivity contribution in [3.05, 3.63) is 42.2 Å². The molecule has 7 heteroatoms. The van der Waals surface area contributed by atoms with Gasteiger partial charge in [0, 0.05) is 6.04 Å². The molecule has 0 unspecified atom stereocenters. The first kappa shape index (κ1) is 14.9. The second kappa shape index (κ2) is 6.07. The molecular formula is C17H19N5O2.